The van der Waals surface area contributed by atoms with Crippen molar-refractivity contribution in [2.45, 2.75) is 62.6 Å². The summed E-state index contributed by atoms with van der Waals surface area (Å²) in [6, 6.07) is 5.02. The molecular weight excluding hydrogens is 402 g/mol. The number of ether oxygens (including phenoxy) is 1. The van der Waals surface area contributed by atoms with Gasteiger partial charge in [0, 0.05) is 25.3 Å². The molecule has 7 nitrogen and oxygen atoms in total. The topological polar surface area (TPSA) is 102 Å². The highest BCUT2D eigenvalue weighted by Crippen LogP contribution is 2.27. The van der Waals surface area contributed by atoms with Crippen LogP contribution in [0, 0.1) is 6.92 Å². The molecule has 3 rings (SSSR count). The summed E-state index contributed by atoms with van der Waals surface area (Å²) in [5.74, 6) is -0.257. The van der Waals surface area contributed by atoms with Crippen molar-refractivity contribution in [3.8, 4) is 0 Å². The molecule has 1 aromatic carbocycles. The molecule has 0 radical (unpaired) electrons. The predicted octanol–water partition coefficient (Wildman–Crippen LogP) is 2.43. The van der Waals surface area contributed by atoms with E-state index >= 15 is 0 Å². The first-order valence-corrected chi connectivity index (χ1v) is 11.1. The SMILES string of the molecule is Cc1ccc(NC(=O)[C@@H]2CC[C@H](CN)O2)cc1S(=O)(=O)N1CCCCCC1.Cl. The lowest BCUT2D eigenvalue weighted by Gasteiger charge is -2.22. The number of hydrogen-bond acceptors (Lipinski definition) is 5. The lowest BCUT2D eigenvalue weighted by atomic mass is 10.2. The van der Waals surface area contributed by atoms with Gasteiger partial charge in [-0.3, -0.25) is 4.79 Å². The van der Waals surface area contributed by atoms with Crippen molar-refractivity contribution >= 4 is 34.0 Å². The molecule has 1 aromatic rings. The Kier molecular flexibility index (Phi) is 8.27. The van der Waals surface area contributed by atoms with Crippen LogP contribution in [0.2, 0.25) is 0 Å². The van der Waals surface area contributed by atoms with E-state index < -0.39 is 16.1 Å². The molecule has 0 aliphatic carbocycles. The number of anilines is 1. The molecule has 2 aliphatic rings. The van der Waals surface area contributed by atoms with Gasteiger partial charge in [-0.25, -0.2) is 8.42 Å². The summed E-state index contributed by atoms with van der Waals surface area (Å²) in [6.07, 6.45) is 4.66. The molecule has 158 valence electrons. The first-order chi connectivity index (χ1) is 12.9. The Morgan fingerprint density at radius 1 is 1.21 bits per heavy atom. The monoisotopic (exact) mass is 431 g/mol. The van der Waals surface area contributed by atoms with Crippen LogP contribution in [-0.2, 0) is 19.6 Å². The van der Waals surface area contributed by atoms with Gasteiger partial charge in [0.15, 0.2) is 0 Å². The fourth-order valence-electron chi connectivity index (χ4n) is 3.67. The molecule has 0 aromatic heterocycles. The van der Waals surface area contributed by atoms with Crippen molar-refractivity contribution in [1.82, 2.24) is 4.31 Å². The van der Waals surface area contributed by atoms with E-state index in [1.807, 2.05) is 0 Å². The molecule has 0 spiro atoms. The number of nitrogens with two attached hydrogens (primary N) is 1. The number of nitrogens with one attached hydrogen (secondary N) is 1. The summed E-state index contributed by atoms with van der Waals surface area (Å²) in [7, 11) is -3.57. The Hall–Kier alpha value is -1.19. The summed E-state index contributed by atoms with van der Waals surface area (Å²) in [6.45, 7) is 3.28. The summed E-state index contributed by atoms with van der Waals surface area (Å²) in [4.78, 5) is 12.7. The van der Waals surface area contributed by atoms with E-state index in [0.717, 1.165) is 32.1 Å². The molecular formula is C19H30ClN3O4S. The molecule has 2 aliphatic heterocycles. The number of amides is 1. The van der Waals surface area contributed by atoms with Gasteiger partial charge < -0.3 is 15.8 Å². The van der Waals surface area contributed by atoms with Crippen LogP contribution >= 0.6 is 12.4 Å². The number of rotatable bonds is 5. The maximum Gasteiger partial charge on any atom is 0.253 e. The largest absolute Gasteiger partial charge is 0.364 e. The smallest absolute Gasteiger partial charge is 0.253 e. The van der Waals surface area contributed by atoms with Crippen molar-refractivity contribution in [1.29, 1.82) is 0 Å². The van der Waals surface area contributed by atoms with E-state index in [1.54, 1.807) is 29.4 Å². The Balaban J connectivity index is 0.00000280. The normalized spacial score (nSPS) is 23.6. The minimum atomic E-state index is -3.57. The highest BCUT2D eigenvalue weighted by Gasteiger charge is 2.31. The maximum absolute atomic E-state index is 13.1. The molecule has 2 saturated heterocycles. The van der Waals surface area contributed by atoms with Crippen LogP contribution in [0.25, 0.3) is 0 Å². The van der Waals surface area contributed by atoms with Crippen LogP contribution in [-0.4, -0.2) is 50.5 Å². The number of benzene rings is 1. The summed E-state index contributed by atoms with van der Waals surface area (Å²) in [5.41, 5.74) is 6.74. The van der Waals surface area contributed by atoms with E-state index in [9.17, 15) is 13.2 Å². The van der Waals surface area contributed by atoms with Gasteiger partial charge in [0.1, 0.15) is 6.10 Å². The van der Waals surface area contributed by atoms with E-state index in [2.05, 4.69) is 5.32 Å². The highest BCUT2D eigenvalue weighted by molar-refractivity contribution is 7.89. The fraction of sp³-hybridized carbons (Fsp3) is 0.632. The molecule has 28 heavy (non-hydrogen) atoms. The first-order valence-electron chi connectivity index (χ1n) is 9.69. The molecule has 0 bridgehead atoms. The number of sulfonamides is 1. The molecule has 2 fully saturated rings. The highest BCUT2D eigenvalue weighted by atomic mass is 35.5. The van der Waals surface area contributed by atoms with Crippen LogP contribution in [0.3, 0.4) is 0 Å². The lowest BCUT2D eigenvalue weighted by Crippen LogP contribution is -2.32. The second-order valence-corrected chi connectivity index (χ2v) is 9.25. The Bertz CT molecular complexity index is 779. The maximum atomic E-state index is 13.1. The van der Waals surface area contributed by atoms with E-state index in [1.165, 1.54) is 0 Å². The van der Waals surface area contributed by atoms with Gasteiger partial charge in [-0.05, 0) is 50.3 Å². The molecule has 2 atom stereocenters. The zero-order chi connectivity index (χ0) is 19.4. The third-order valence-electron chi connectivity index (χ3n) is 5.30. The van der Waals surface area contributed by atoms with Gasteiger partial charge >= 0.3 is 0 Å². The fourth-order valence-corrected chi connectivity index (χ4v) is 5.44. The number of nitrogens with zero attached hydrogens (tertiary/aromatic N) is 1. The zero-order valence-corrected chi connectivity index (χ0v) is 17.9. The molecule has 3 N–H and O–H groups in total. The average Bonchev–Trinajstić information content (AvgIpc) is 2.96. The van der Waals surface area contributed by atoms with Gasteiger partial charge in [-0.2, -0.15) is 4.31 Å². The van der Waals surface area contributed by atoms with Crippen LogP contribution in [0.5, 0.6) is 0 Å². The Morgan fingerprint density at radius 2 is 1.89 bits per heavy atom. The molecule has 0 saturated carbocycles. The van der Waals surface area contributed by atoms with Crippen molar-refractivity contribution < 1.29 is 17.9 Å². The van der Waals surface area contributed by atoms with Crippen molar-refractivity contribution in [3.63, 3.8) is 0 Å². The van der Waals surface area contributed by atoms with Gasteiger partial charge in [0.05, 0.1) is 11.0 Å². The second-order valence-electron chi connectivity index (χ2n) is 7.35. The van der Waals surface area contributed by atoms with Gasteiger partial charge in [-0.15, -0.1) is 12.4 Å². The summed E-state index contributed by atoms with van der Waals surface area (Å²) < 4.78 is 33.4. The Labute approximate surface area is 173 Å². The van der Waals surface area contributed by atoms with Crippen molar-refractivity contribution in [3.05, 3.63) is 23.8 Å². The quantitative estimate of drug-likeness (QED) is 0.745. The summed E-state index contributed by atoms with van der Waals surface area (Å²) >= 11 is 0. The third-order valence-corrected chi connectivity index (χ3v) is 7.34. The van der Waals surface area contributed by atoms with Crippen LogP contribution in [0.15, 0.2) is 23.1 Å². The minimum absolute atomic E-state index is 0. The molecule has 0 unspecified atom stereocenters. The van der Waals surface area contributed by atoms with Crippen LogP contribution in [0.4, 0.5) is 5.69 Å². The van der Waals surface area contributed by atoms with E-state index in [-0.39, 0.29) is 29.3 Å². The molecule has 9 heteroatoms. The average molecular weight is 432 g/mol. The van der Waals surface area contributed by atoms with Gasteiger partial charge in [0.25, 0.3) is 5.91 Å². The van der Waals surface area contributed by atoms with Crippen molar-refractivity contribution in [2.24, 2.45) is 5.73 Å². The Morgan fingerprint density at radius 3 is 2.50 bits per heavy atom. The number of carbonyl (C=O) groups is 1. The number of carbonyl (C=O) groups excluding carboxylic acids is 1. The molecule has 2 heterocycles. The van der Waals surface area contributed by atoms with Crippen LogP contribution < -0.4 is 11.1 Å². The number of aryl methyl sites for hydroxylation is 1. The number of halogens is 1. The van der Waals surface area contributed by atoms with Crippen molar-refractivity contribution in [2.75, 3.05) is 25.0 Å². The van der Waals surface area contributed by atoms with E-state index in [4.69, 9.17) is 10.5 Å². The van der Waals surface area contributed by atoms with Crippen LogP contribution in [0.1, 0.15) is 44.1 Å². The second kappa shape index (κ2) is 10.0. The standard InChI is InChI=1S/C19H29N3O4S.ClH/c1-14-6-7-15(21-19(23)17-9-8-16(13-20)26-17)12-18(14)27(24,25)22-10-4-2-3-5-11-22;/h6-7,12,16-17H,2-5,8-11,13,20H2,1H3,(H,21,23);1H/t16-,17+;/m1./s1. The minimum Gasteiger partial charge on any atom is -0.364 e. The number of hydrogen-bond donors (Lipinski definition) is 2. The van der Waals surface area contributed by atoms with Gasteiger partial charge in [0.2, 0.25) is 10.0 Å². The summed E-state index contributed by atoms with van der Waals surface area (Å²) in [5, 5.41) is 2.80. The van der Waals surface area contributed by atoms with Gasteiger partial charge in [-0.1, -0.05) is 18.9 Å². The predicted molar refractivity (Wildman–Crippen MR) is 111 cm³/mol. The first kappa shape index (κ1) is 23.1. The lowest BCUT2D eigenvalue weighted by molar-refractivity contribution is -0.126. The molecule has 1 amide bonds. The zero-order valence-electron chi connectivity index (χ0n) is 16.2. The van der Waals surface area contributed by atoms with E-state index in [0.29, 0.717) is 37.3 Å². The third kappa shape index (κ3) is 5.24.